The van der Waals surface area contributed by atoms with E-state index in [1.54, 1.807) is 0 Å². The number of aliphatic hydroxyl groups is 1. The third kappa shape index (κ3) is 49.0. The summed E-state index contributed by atoms with van der Waals surface area (Å²) < 4.78 is 21.5. The molecule has 0 aromatic rings. The number of carbonyl (C=O) groups excluding carboxylic acids is 5. The van der Waals surface area contributed by atoms with E-state index < -0.39 is 47.6 Å². The molecule has 0 saturated heterocycles. The highest BCUT2D eigenvalue weighted by atomic mass is 16.6. The van der Waals surface area contributed by atoms with Crippen LogP contribution in [0.15, 0.2) is 0 Å². The van der Waals surface area contributed by atoms with Crippen LogP contribution in [0.1, 0.15) is 381 Å². The first kappa shape index (κ1) is 77.5. The number of carbonyl (C=O) groups is 5. The van der Waals surface area contributed by atoms with Gasteiger partial charge in [0.25, 0.3) is 5.78 Å². The first-order chi connectivity index (χ1) is 39.2. The predicted octanol–water partition coefficient (Wildman–Crippen LogP) is 20.6. The molecule has 0 aliphatic carbocycles. The van der Waals surface area contributed by atoms with Gasteiger partial charge >= 0.3 is 23.9 Å². The van der Waals surface area contributed by atoms with Gasteiger partial charge in [0.2, 0.25) is 0 Å². The lowest BCUT2D eigenvalue weighted by Gasteiger charge is -2.30. The van der Waals surface area contributed by atoms with Crippen molar-refractivity contribution in [2.75, 3.05) is 26.4 Å². The van der Waals surface area contributed by atoms with E-state index in [0.29, 0.717) is 19.3 Å². The minimum Gasteiger partial charge on any atom is -0.466 e. The molecule has 0 heterocycles. The van der Waals surface area contributed by atoms with Gasteiger partial charge in [0.05, 0.1) is 32.8 Å². The first-order valence-electron chi connectivity index (χ1n) is 35.1. The number of Topliss-reactive ketones (excluding diaryl/α,β-unsaturated/α-hetero) is 1. The SMILES string of the molecule is CCCCCCCCCCCCCCCCCCCCOC(=O)CC(O)(C(=O)OCCCCCCCCCCCCCCCCCCCC)C(C(=O)OCCCCCCCCCCCCCCCCCCCC)C(=O)C(=O)OCC. The van der Waals surface area contributed by atoms with E-state index in [4.69, 9.17) is 18.9 Å². The molecule has 10 nitrogen and oxygen atoms in total. The van der Waals surface area contributed by atoms with Gasteiger partial charge in [-0.2, -0.15) is 0 Å². The van der Waals surface area contributed by atoms with Crippen molar-refractivity contribution in [2.45, 2.75) is 386 Å². The summed E-state index contributed by atoms with van der Waals surface area (Å²) in [6.07, 6.45) is 64.7. The van der Waals surface area contributed by atoms with Crippen molar-refractivity contribution in [3.63, 3.8) is 0 Å². The fraction of sp³-hybridized carbons (Fsp3) is 0.929. The Morgan fingerprint density at radius 2 is 0.525 bits per heavy atom. The molecule has 0 amide bonds. The van der Waals surface area contributed by atoms with Crippen LogP contribution in [0.5, 0.6) is 0 Å². The lowest BCUT2D eigenvalue weighted by Crippen LogP contribution is -2.56. The normalized spacial score (nSPS) is 12.6. The molecule has 2 atom stereocenters. The first-order valence-corrected chi connectivity index (χ1v) is 35.1. The number of ether oxygens (including phenoxy) is 4. The van der Waals surface area contributed by atoms with E-state index in [1.807, 2.05) is 0 Å². The van der Waals surface area contributed by atoms with Gasteiger partial charge in [-0.15, -0.1) is 0 Å². The molecule has 80 heavy (non-hydrogen) atoms. The van der Waals surface area contributed by atoms with Crippen LogP contribution in [0.25, 0.3) is 0 Å². The van der Waals surface area contributed by atoms with Crippen LogP contribution in [0.4, 0.5) is 0 Å². The van der Waals surface area contributed by atoms with Crippen molar-refractivity contribution in [1.29, 1.82) is 0 Å². The predicted molar refractivity (Wildman–Crippen MR) is 334 cm³/mol. The largest absolute Gasteiger partial charge is 0.466 e. The van der Waals surface area contributed by atoms with Gasteiger partial charge in [-0.1, -0.05) is 348 Å². The van der Waals surface area contributed by atoms with Crippen LogP contribution < -0.4 is 0 Å². The zero-order valence-electron chi connectivity index (χ0n) is 53.4. The van der Waals surface area contributed by atoms with Crippen LogP contribution >= 0.6 is 0 Å². The van der Waals surface area contributed by atoms with Gasteiger partial charge in [-0.3, -0.25) is 14.4 Å². The van der Waals surface area contributed by atoms with Gasteiger partial charge in [-0.25, -0.2) is 9.59 Å². The minimum absolute atomic E-state index is 0.0578. The van der Waals surface area contributed by atoms with Gasteiger partial charge in [0.1, 0.15) is 0 Å². The van der Waals surface area contributed by atoms with Crippen molar-refractivity contribution >= 4 is 29.7 Å². The average Bonchev–Trinajstić information content (AvgIpc) is 3.61. The number of hydrogen-bond acceptors (Lipinski definition) is 10. The van der Waals surface area contributed by atoms with Crippen LogP contribution in [0.3, 0.4) is 0 Å². The van der Waals surface area contributed by atoms with E-state index in [1.165, 1.54) is 264 Å². The smallest absolute Gasteiger partial charge is 0.375 e. The summed E-state index contributed by atoms with van der Waals surface area (Å²) in [5, 5.41) is 12.1. The molecule has 472 valence electrons. The highest BCUT2D eigenvalue weighted by Gasteiger charge is 2.57. The molecular weight excluding hydrogens is 1000 g/mol. The molecule has 0 rings (SSSR count). The van der Waals surface area contributed by atoms with Gasteiger partial charge in [0.15, 0.2) is 11.5 Å². The molecule has 0 aromatic carbocycles. The van der Waals surface area contributed by atoms with E-state index >= 15 is 0 Å². The Bertz CT molecular complexity index is 1380. The van der Waals surface area contributed by atoms with Crippen molar-refractivity contribution < 1.29 is 48.0 Å². The van der Waals surface area contributed by atoms with E-state index in [2.05, 4.69) is 20.8 Å². The van der Waals surface area contributed by atoms with E-state index in [-0.39, 0.29) is 26.4 Å². The zero-order chi connectivity index (χ0) is 58.5. The minimum atomic E-state index is -3.03. The van der Waals surface area contributed by atoms with Crippen LogP contribution in [-0.4, -0.2) is 66.8 Å². The number of rotatable bonds is 65. The molecule has 0 bridgehead atoms. The maximum Gasteiger partial charge on any atom is 0.375 e. The number of ketones is 1. The Hall–Kier alpha value is -2.49. The highest BCUT2D eigenvalue weighted by molar-refractivity contribution is 6.39. The quantitative estimate of drug-likeness (QED) is 0.0206. The van der Waals surface area contributed by atoms with Crippen LogP contribution in [0, 0.1) is 5.92 Å². The highest BCUT2D eigenvalue weighted by Crippen LogP contribution is 2.29. The third-order valence-electron chi connectivity index (χ3n) is 16.5. The zero-order valence-corrected chi connectivity index (χ0v) is 53.4. The molecule has 0 fully saturated rings. The Balaban J connectivity index is 5.08. The van der Waals surface area contributed by atoms with Gasteiger partial charge in [0, 0.05) is 0 Å². The molecule has 1 N–H and O–H groups in total. The molecule has 0 saturated carbocycles. The third-order valence-corrected chi connectivity index (χ3v) is 16.5. The molecule has 2 unspecified atom stereocenters. The van der Waals surface area contributed by atoms with Crippen molar-refractivity contribution in [1.82, 2.24) is 0 Å². The van der Waals surface area contributed by atoms with E-state index in [9.17, 15) is 29.1 Å². The summed E-state index contributed by atoms with van der Waals surface area (Å²) in [5.74, 6) is -8.78. The lowest BCUT2D eigenvalue weighted by atomic mass is 9.81. The standard InChI is InChI=1S/C70H132O10/c1-5-9-12-15-18-21-24-27-30-33-36-39-42-45-48-51-54-57-60-78-64(71)63-70(76,69(75)80-62-59-56-53-50-47-44-41-38-35-32-29-26-23-20-17-14-11-7-3)65(66(72)68(74)77-8-4)67(73)79-61-58-55-52-49-46-43-40-37-34-31-28-25-22-19-16-13-10-6-2/h65,76H,5-63H2,1-4H3. The van der Waals surface area contributed by atoms with E-state index in [0.717, 1.165) is 70.6 Å². The molecule has 0 radical (unpaired) electrons. The molecular formula is C70H132O10. The molecule has 10 heteroatoms. The van der Waals surface area contributed by atoms with Crippen molar-refractivity contribution in [3.05, 3.63) is 0 Å². The second-order valence-electron chi connectivity index (χ2n) is 24.2. The summed E-state index contributed by atoms with van der Waals surface area (Å²) in [7, 11) is 0. The molecule has 0 spiro atoms. The fourth-order valence-corrected chi connectivity index (χ4v) is 11.1. The number of hydrogen-bond donors (Lipinski definition) is 1. The van der Waals surface area contributed by atoms with Gasteiger partial charge < -0.3 is 24.1 Å². The number of esters is 4. The Morgan fingerprint density at radius 1 is 0.300 bits per heavy atom. The summed E-state index contributed by atoms with van der Waals surface area (Å²) in [5.41, 5.74) is -3.03. The monoisotopic (exact) mass is 1130 g/mol. The van der Waals surface area contributed by atoms with Crippen molar-refractivity contribution in [3.8, 4) is 0 Å². The lowest BCUT2D eigenvalue weighted by molar-refractivity contribution is -0.190. The summed E-state index contributed by atoms with van der Waals surface area (Å²) in [6, 6.07) is 0. The maximum absolute atomic E-state index is 13.9. The maximum atomic E-state index is 13.9. The molecule has 0 aliphatic heterocycles. The molecule has 0 aromatic heterocycles. The second kappa shape index (κ2) is 61.1. The molecule has 0 aliphatic rings. The Kier molecular flexibility index (Phi) is 59.2. The van der Waals surface area contributed by atoms with Crippen LogP contribution in [0.2, 0.25) is 0 Å². The summed E-state index contributed by atoms with van der Waals surface area (Å²) >= 11 is 0. The average molecular weight is 1130 g/mol. The number of unbranched alkanes of at least 4 members (excludes halogenated alkanes) is 51. The Labute approximate surface area is 494 Å². The summed E-state index contributed by atoms with van der Waals surface area (Å²) in [4.78, 5) is 67.8. The fourth-order valence-electron chi connectivity index (χ4n) is 11.1. The summed E-state index contributed by atoms with van der Waals surface area (Å²) in [6.45, 7) is 8.04. The topological polar surface area (TPSA) is 142 Å². The Morgan fingerprint density at radius 3 is 0.775 bits per heavy atom. The second-order valence-corrected chi connectivity index (χ2v) is 24.2. The van der Waals surface area contributed by atoms with Gasteiger partial charge in [-0.05, 0) is 26.2 Å². The van der Waals surface area contributed by atoms with Crippen molar-refractivity contribution in [2.24, 2.45) is 5.92 Å². The van der Waals surface area contributed by atoms with Crippen LogP contribution in [-0.2, 0) is 42.9 Å².